The number of aliphatic carboxylic acids is 1. The summed E-state index contributed by atoms with van der Waals surface area (Å²) >= 11 is 0. The van der Waals surface area contributed by atoms with E-state index in [1.165, 1.54) is 12.1 Å². The number of nitrogens with two attached hydrogens (primary N) is 1. The summed E-state index contributed by atoms with van der Waals surface area (Å²) in [6.45, 7) is 0. The van der Waals surface area contributed by atoms with Crippen molar-refractivity contribution < 1.29 is 65.2 Å². The molecule has 1 aromatic carbocycles. The van der Waals surface area contributed by atoms with Crippen LogP contribution in [0.5, 0.6) is 5.75 Å². The van der Waals surface area contributed by atoms with Crippen LogP contribution in [0, 0.1) is 0 Å². The number of phenols is 1. The van der Waals surface area contributed by atoms with Gasteiger partial charge in [-0.3, -0.25) is 4.79 Å². The first-order chi connectivity index (χ1) is 8.09. The minimum Gasteiger partial charge on any atom is -1.00 e. The summed E-state index contributed by atoms with van der Waals surface area (Å²) in [5.41, 5.74) is 6.12. The zero-order valence-electron chi connectivity index (χ0n) is 11.2. The van der Waals surface area contributed by atoms with Crippen LogP contribution >= 0.6 is 7.82 Å². The fraction of sp³-hybridized carbons (Fsp3) is 0.222. The predicted octanol–water partition coefficient (Wildman–Crippen LogP) is -3.47. The van der Waals surface area contributed by atoms with E-state index >= 15 is 0 Å². The molecular formula is C9H15NNaO7P. The van der Waals surface area contributed by atoms with E-state index in [-0.39, 0.29) is 43.2 Å². The number of aromatic hydroxyl groups is 1. The largest absolute Gasteiger partial charge is 1.00 e. The Labute approximate surface area is 132 Å². The van der Waals surface area contributed by atoms with Gasteiger partial charge < -0.3 is 32.1 Å². The average molecular weight is 303 g/mol. The molecule has 0 saturated carbocycles. The Morgan fingerprint density at radius 3 is 1.95 bits per heavy atom. The van der Waals surface area contributed by atoms with Gasteiger partial charge in [-0.2, -0.15) is 0 Å². The van der Waals surface area contributed by atoms with Crippen molar-refractivity contribution in [2.24, 2.45) is 5.73 Å². The summed E-state index contributed by atoms with van der Waals surface area (Å²) in [5, 5.41) is 17.5. The summed E-state index contributed by atoms with van der Waals surface area (Å²) in [7, 11) is -4.64. The van der Waals surface area contributed by atoms with Gasteiger partial charge in [0, 0.05) is 0 Å². The van der Waals surface area contributed by atoms with Gasteiger partial charge in [0.1, 0.15) is 11.8 Å². The standard InChI is InChI=1S/C9H11NO3.Na.H3O4P.H/c10-8(9(12)13)5-6-1-3-7(11)4-2-6;;1-5(2,3)4;/h1-4,8,11H,5,10H2,(H,12,13);;(H3,1,2,3,4);/q;+1;;-1. The quantitative estimate of drug-likeness (QED) is 0.248. The van der Waals surface area contributed by atoms with E-state index in [9.17, 15) is 4.79 Å². The van der Waals surface area contributed by atoms with E-state index in [0.717, 1.165) is 5.56 Å². The number of benzene rings is 1. The number of phosphoric acid groups is 1. The van der Waals surface area contributed by atoms with Crippen LogP contribution in [0.1, 0.15) is 6.99 Å². The second-order valence-electron chi connectivity index (χ2n) is 3.33. The fourth-order valence-electron chi connectivity index (χ4n) is 0.973. The van der Waals surface area contributed by atoms with Gasteiger partial charge >= 0.3 is 43.3 Å². The molecular weight excluding hydrogens is 288 g/mol. The minimum atomic E-state index is -4.64. The molecule has 1 atom stereocenters. The van der Waals surface area contributed by atoms with Gasteiger partial charge in [0.15, 0.2) is 0 Å². The molecule has 7 N–H and O–H groups in total. The van der Waals surface area contributed by atoms with Crippen molar-refractivity contribution in [3.8, 4) is 5.75 Å². The van der Waals surface area contributed by atoms with Crippen LogP contribution < -0.4 is 35.3 Å². The maximum Gasteiger partial charge on any atom is 1.00 e. The zero-order valence-corrected chi connectivity index (χ0v) is 13.1. The van der Waals surface area contributed by atoms with Crippen molar-refractivity contribution in [2.75, 3.05) is 0 Å². The molecule has 104 valence electrons. The molecule has 1 unspecified atom stereocenters. The molecule has 10 heteroatoms. The molecule has 0 heterocycles. The molecule has 0 bridgehead atoms. The number of hydrogen-bond donors (Lipinski definition) is 6. The Morgan fingerprint density at radius 2 is 1.63 bits per heavy atom. The molecule has 0 fully saturated rings. The number of carboxylic acids is 1. The van der Waals surface area contributed by atoms with Crippen LogP contribution in [0.3, 0.4) is 0 Å². The predicted molar refractivity (Wildman–Crippen MR) is 62.8 cm³/mol. The van der Waals surface area contributed by atoms with Gasteiger partial charge in [-0.1, -0.05) is 12.1 Å². The second kappa shape index (κ2) is 9.46. The summed E-state index contributed by atoms with van der Waals surface area (Å²) < 4.78 is 8.88. The van der Waals surface area contributed by atoms with Gasteiger partial charge in [0.25, 0.3) is 0 Å². The van der Waals surface area contributed by atoms with E-state index in [1.54, 1.807) is 12.1 Å². The molecule has 1 rings (SSSR count). The molecule has 0 radical (unpaired) electrons. The first-order valence-corrected chi connectivity index (χ1v) is 6.20. The van der Waals surface area contributed by atoms with E-state index in [0.29, 0.717) is 0 Å². The van der Waals surface area contributed by atoms with Crippen molar-refractivity contribution in [1.82, 2.24) is 0 Å². The van der Waals surface area contributed by atoms with E-state index < -0.39 is 19.8 Å². The van der Waals surface area contributed by atoms with Crippen molar-refractivity contribution in [3.63, 3.8) is 0 Å². The number of carbonyl (C=O) groups is 1. The maximum absolute atomic E-state index is 10.4. The van der Waals surface area contributed by atoms with Crippen LogP contribution in [0.2, 0.25) is 0 Å². The van der Waals surface area contributed by atoms with Gasteiger partial charge in [-0.15, -0.1) is 0 Å². The molecule has 0 aliphatic carbocycles. The third kappa shape index (κ3) is 13.8. The average Bonchev–Trinajstić information content (AvgIpc) is 2.18. The van der Waals surface area contributed by atoms with E-state index in [1.807, 2.05) is 0 Å². The first-order valence-electron chi connectivity index (χ1n) is 4.64. The maximum atomic E-state index is 10.4. The number of carboxylic acid groups (broad SMARTS) is 1. The topological polar surface area (TPSA) is 161 Å². The molecule has 0 saturated heterocycles. The Bertz CT molecular complexity index is 430. The van der Waals surface area contributed by atoms with Gasteiger partial charge in [-0.05, 0) is 24.1 Å². The number of rotatable bonds is 3. The van der Waals surface area contributed by atoms with Crippen molar-refractivity contribution in [2.45, 2.75) is 12.5 Å². The molecule has 0 amide bonds. The third-order valence-electron chi connectivity index (χ3n) is 1.71. The van der Waals surface area contributed by atoms with Gasteiger partial charge in [0.05, 0.1) is 0 Å². The first kappa shape index (κ1) is 20.9. The molecule has 0 aromatic heterocycles. The van der Waals surface area contributed by atoms with Crippen molar-refractivity contribution in [3.05, 3.63) is 29.8 Å². The normalized spacial score (nSPS) is 11.6. The summed E-state index contributed by atoms with van der Waals surface area (Å²) in [4.78, 5) is 32.0. The smallest absolute Gasteiger partial charge is 1.00 e. The zero-order chi connectivity index (χ0) is 14.3. The van der Waals surface area contributed by atoms with Crippen LogP contribution in [-0.2, 0) is 15.8 Å². The van der Waals surface area contributed by atoms with Crippen LogP contribution in [0.25, 0.3) is 0 Å². The Hall–Kier alpha value is -0.440. The fourth-order valence-corrected chi connectivity index (χ4v) is 0.973. The third-order valence-corrected chi connectivity index (χ3v) is 1.71. The van der Waals surface area contributed by atoms with Gasteiger partial charge in [0.2, 0.25) is 0 Å². The van der Waals surface area contributed by atoms with Gasteiger partial charge in [-0.25, -0.2) is 4.57 Å². The summed E-state index contributed by atoms with van der Waals surface area (Å²) in [6, 6.07) is 5.42. The number of hydrogen-bond acceptors (Lipinski definition) is 4. The Kier molecular flexibility index (Phi) is 10.4. The molecule has 19 heavy (non-hydrogen) atoms. The van der Waals surface area contributed by atoms with Crippen LogP contribution in [0.15, 0.2) is 24.3 Å². The number of phenolic OH excluding ortho intramolecular Hbond substituents is 1. The Balaban J connectivity index is -0.000000361. The Morgan fingerprint density at radius 1 is 1.26 bits per heavy atom. The van der Waals surface area contributed by atoms with Crippen molar-refractivity contribution >= 4 is 13.8 Å². The monoisotopic (exact) mass is 303 g/mol. The van der Waals surface area contributed by atoms with Crippen LogP contribution in [0.4, 0.5) is 0 Å². The SMILES string of the molecule is NC(Cc1ccc(O)cc1)C(=O)O.O=P(O)(O)O.[H-].[Na+]. The summed E-state index contributed by atoms with van der Waals surface area (Å²) in [6.07, 6.45) is 0.273. The molecule has 8 nitrogen and oxygen atoms in total. The molecule has 0 spiro atoms. The van der Waals surface area contributed by atoms with Crippen LogP contribution in [-0.4, -0.2) is 36.9 Å². The molecule has 1 aromatic rings. The summed E-state index contributed by atoms with van der Waals surface area (Å²) in [5.74, 6) is -0.860. The minimum absolute atomic E-state index is 0. The molecule has 0 aliphatic rings. The molecule has 0 aliphatic heterocycles. The van der Waals surface area contributed by atoms with Crippen molar-refractivity contribution in [1.29, 1.82) is 0 Å². The van der Waals surface area contributed by atoms with E-state index in [2.05, 4.69) is 0 Å². The van der Waals surface area contributed by atoms with E-state index in [4.69, 9.17) is 35.2 Å². The second-order valence-corrected chi connectivity index (χ2v) is 4.36.